The summed E-state index contributed by atoms with van der Waals surface area (Å²) in [6.07, 6.45) is 14.0. The van der Waals surface area contributed by atoms with Crippen molar-refractivity contribution in [2.75, 3.05) is 5.32 Å². The van der Waals surface area contributed by atoms with Crippen molar-refractivity contribution < 1.29 is 19.4 Å². The van der Waals surface area contributed by atoms with Crippen molar-refractivity contribution in [3.63, 3.8) is 0 Å². The van der Waals surface area contributed by atoms with Gasteiger partial charge in [-0.15, -0.1) is 0 Å². The van der Waals surface area contributed by atoms with E-state index in [0.29, 0.717) is 48.3 Å². The zero-order valence-electron chi connectivity index (χ0n) is 26.8. The molecule has 1 aliphatic carbocycles. The van der Waals surface area contributed by atoms with Crippen LogP contribution in [-0.4, -0.2) is 39.7 Å². The summed E-state index contributed by atoms with van der Waals surface area (Å²) in [4.78, 5) is 17.5. The third kappa shape index (κ3) is 16.7. The van der Waals surface area contributed by atoms with E-state index in [1.165, 1.54) is 29.3 Å². The molecule has 0 radical (unpaired) electrons. The molecule has 0 bridgehead atoms. The smallest absolute Gasteiger partial charge is 0.257 e. The van der Waals surface area contributed by atoms with Crippen molar-refractivity contribution in [3.05, 3.63) is 89.2 Å². The van der Waals surface area contributed by atoms with Gasteiger partial charge in [0.2, 0.25) is 0 Å². The number of amides is 1. The molecule has 1 unspecified atom stereocenters. The van der Waals surface area contributed by atoms with Crippen LogP contribution < -0.4 is 16.9 Å². The number of hydrazine groups is 1. The maximum atomic E-state index is 13.2. The zero-order valence-corrected chi connectivity index (χ0v) is 26.8. The van der Waals surface area contributed by atoms with E-state index < -0.39 is 12.1 Å². The van der Waals surface area contributed by atoms with Gasteiger partial charge in [0.05, 0.1) is 23.0 Å². The van der Waals surface area contributed by atoms with Gasteiger partial charge in [0.1, 0.15) is 5.82 Å². The molecule has 0 saturated carbocycles. The number of hydrogen-bond donors (Lipinski definition) is 5. The van der Waals surface area contributed by atoms with Gasteiger partial charge in [-0.3, -0.25) is 9.79 Å². The monoisotopic (exact) mass is 587 g/mol. The fourth-order valence-electron chi connectivity index (χ4n) is 3.36. The molecule has 0 saturated heterocycles. The Hall–Kier alpha value is -3.53. The molecule has 1 aliphatic rings. The van der Waals surface area contributed by atoms with Crippen LogP contribution in [0.3, 0.4) is 0 Å². The van der Waals surface area contributed by atoms with Crippen LogP contribution in [-0.2, 0) is 4.79 Å². The summed E-state index contributed by atoms with van der Waals surface area (Å²) in [6, 6.07) is 5.24. The number of unbranched alkanes of at least 4 members (excludes halogenated alkanes) is 2. The second-order valence-corrected chi connectivity index (χ2v) is 8.42. The van der Waals surface area contributed by atoms with E-state index >= 15 is 0 Å². The average Bonchev–Trinajstić information content (AvgIpc) is 3.01. The number of aliphatic hydroxyl groups is 2. The second-order valence-electron chi connectivity index (χ2n) is 8.42. The Bertz CT molecular complexity index is 1060. The molecule has 236 valence electrons. The Morgan fingerprint density at radius 3 is 2.33 bits per heavy atom. The number of rotatable bonds is 12. The Morgan fingerprint density at radius 1 is 1.14 bits per heavy atom. The Kier molecular flexibility index (Phi) is 24.4. The van der Waals surface area contributed by atoms with Crippen LogP contribution in [0, 0.1) is 5.82 Å². The van der Waals surface area contributed by atoms with Crippen LogP contribution in [0.2, 0.25) is 0 Å². The van der Waals surface area contributed by atoms with Gasteiger partial charge >= 0.3 is 0 Å². The van der Waals surface area contributed by atoms with Crippen molar-refractivity contribution in [3.8, 4) is 0 Å². The largest absolute Gasteiger partial charge is 0.397 e. The minimum atomic E-state index is -1.32. The average molecular weight is 588 g/mol. The van der Waals surface area contributed by atoms with Crippen LogP contribution >= 0.6 is 0 Å². The zero-order chi connectivity index (χ0) is 32.5. The molecular formula is C33H54FN5O3. The molecule has 0 aliphatic heterocycles. The van der Waals surface area contributed by atoms with Gasteiger partial charge in [0.25, 0.3) is 5.91 Å². The van der Waals surface area contributed by atoms with Crippen LogP contribution in [0.1, 0.15) is 87.5 Å². The number of carbonyl (C=O) groups is 1. The van der Waals surface area contributed by atoms with Crippen molar-refractivity contribution in [2.24, 2.45) is 16.6 Å². The minimum Gasteiger partial charge on any atom is -0.397 e. The summed E-state index contributed by atoms with van der Waals surface area (Å²) in [5.41, 5.74) is 8.85. The van der Waals surface area contributed by atoms with E-state index in [0.717, 1.165) is 12.0 Å². The summed E-state index contributed by atoms with van der Waals surface area (Å²) in [5.74, 6) is 5.53. The first-order valence-corrected chi connectivity index (χ1v) is 14.9. The standard InChI is InChI=1S/C27H36FN5O3.3C2H6/c1-3-4-8-19(2)24(29)18-33(30)22-14-15-23(27(36)32-21-12-10-20(28)11-13-21)25(17-22)31-16-7-5-6-9-26(34)35;3*1-2/h3-4,8,10-13,15-18,22,26,34-35H,5-7,9,14,29-30H2,1-2H3,(H,32,36);3*1-2H3/b4-3-,19-8+,24-18-,31-16?;;;. The number of nitrogens with two attached hydrogens (primary N) is 2. The molecule has 9 heteroatoms. The van der Waals surface area contributed by atoms with Gasteiger partial charge in [-0.2, -0.15) is 0 Å². The van der Waals surface area contributed by atoms with Crippen LogP contribution in [0.25, 0.3) is 0 Å². The number of allylic oxidation sites excluding steroid dienone is 4. The number of benzene rings is 1. The van der Waals surface area contributed by atoms with Gasteiger partial charge in [0.15, 0.2) is 6.29 Å². The third-order valence-electron chi connectivity index (χ3n) is 5.48. The van der Waals surface area contributed by atoms with Crippen molar-refractivity contribution >= 4 is 17.8 Å². The van der Waals surface area contributed by atoms with Gasteiger partial charge in [-0.1, -0.05) is 65.8 Å². The molecule has 0 aromatic heterocycles. The summed E-state index contributed by atoms with van der Waals surface area (Å²) in [7, 11) is 0. The summed E-state index contributed by atoms with van der Waals surface area (Å²) in [5, 5.41) is 22.2. The van der Waals surface area contributed by atoms with E-state index in [4.69, 9.17) is 21.8 Å². The lowest BCUT2D eigenvalue weighted by molar-refractivity contribution is -0.112. The maximum Gasteiger partial charge on any atom is 0.257 e. The number of anilines is 1. The summed E-state index contributed by atoms with van der Waals surface area (Å²) < 4.78 is 13.2. The second kappa shape index (κ2) is 25.2. The van der Waals surface area contributed by atoms with Crippen molar-refractivity contribution in [1.29, 1.82) is 0 Å². The number of nitrogens with zero attached hydrogens (tertiary/aromatic N) is 2. The molecule has 2 rings (SSSR count). The molecule has 8 nitrogen and oxygen atoms in total. The third-order valence-corrected chi connectivity index (χ3v) is 5.48. The molecule has 1 aromatic carbocycles. The molecular weight excluding hydrogens is 533 g/mol. The molecule has 1 amide bonds. The normalized spacial score (nSPS) is 15.0. The lowest BCUT2D eigenvalue weighted by atomic mass is 9.98. The lowest BCUT2D eigenvalue weighted by Crippen LogP contribution is -2.37. The SMILES string of the molecule is CC.CC.CC.C\C=C/C=C(C)/C(N)=C/N(N)C1C=C(N=CCCCCC(O)O)C(C(=O)Nc2ccc(F)cc2)=CC1. The highest BCUT2D eigenvalue weighted by Crippen LogP contribution is 2.25. The highest BCUT2D eigenvalue weighted by Gasteiger charge is 2.23. The Morgan fingerprint density at radius 2 is 1.76 bits per heavy atom. The summed E-state index contributed by atoms with van der Waals surface area (Å²) in [6.45, 7) is 15.8. The van der Waals surface area contributed by atoms with E-state index in [9.17, 15) is 9.18 Å². The minimum absolute atomic E-state index is 0.280. The number of hydrogen-bond acceptors (Lipinski definition) is 7. The first-order valence-electron chi connectivity index (χ1n) is 14.9. The van der Waals surface area contributed by atoms with Gasteiger partial charge < -0.3 is 26.3 Å². The van der Waals surface area contributed by atoms with E-state index in [-0.39, 0.29) is 11.9 Å². The van der Waals surface area contributed by atoms with Crippen LogP contribution in [0.4, 0.5) is 10.1 Å². The summed E-state index contributed by atoms with van der Waals surface area (Å²) >= 11 is 0. The van der Waals surface area contributed by atoms with E-state index in [1.54, 1.807) is 18.5 Å². The first-order chi connectivity index (χ1) is 20.2. The topological polar surface area (TPSA) is 137 Å². The molecule has 1 aromatic rings. The van der Waals surface area contributed by atoms with Gasteiger partial charge in [-0.05, 0) is 81.9 Å². The van der Waals surface area contributed by atoms with E-state index in [2.05, 4.69) is 10.3 Å². The highest BCUT2D eigenvalue weighted by molar-refractivity contribution is 6.07. The fourth-order valence-corrected chi connectivity index (χ4v) is 3.36. The first kappa shape index (κ1) is 40.6. The number of carbonyl (C=O) groups excluding carboxylic acids is 1. The molecule has 1 atom stereocenters. The van der Waals surface area contributed by atoms with Gasteiger partial charge in [0, 0.05) is 18.1 Å². The number of nitrogens with one attached hydrogen (secondary N) is 1. The van der Waals surface area contributed by atoms with Crippen molar-refractivity contribution in [1.82, 2.24) is 5.01 Å². The van der Waals surface area contributed by atoms with Crippen LogP contribution in [0.15, 0.2) is 88.4 Å². The molecule has 0 spiro atoms. The molecule has 0 heterocycles. The maximum absolute atomic E-state index is 13.2. The number of aliphatic imine (C=N–C) groups is 1. The number of halogens is 1. The van der Waals surface area contributed by atoms with Crippen LogP contribution in [0.5, 0.6) is 0 Å². The molecule has 7 N–H and O–H groups in total. The fraction of sp³-hybridized carbons (Fsp3) is 0.455. The predicted molar refractivity (Wildman–Crippen MR) is 176 cm³/mol. The predicted octanol–water partition coefficient (Wildman–Crippen LogP) is 6.87. The number of aliphatic hydroxyl groups excluding tert-OH is 1. The Balaban J connectivity index is 0. The highest BCUT2D eigenvalue weighted by atomic mass is 19.1. The van der Waals surface area contributed by atoms with E-state index in [1.807, 2.05) is 79.7 Å². The Labute approximate surface area is 253 Å². The lowest BCUT2D eigenvalue weighted by Gasteiger charge is -2.27. The van der Waals surface area contributed by atoms with Gasteiger partial charge in [-0.25, -0.2) is 10.2 Å². The molecule has 42 heavy (non-hydrogen) atoms. The van der Waals surface area contributed by atoms with Crippen molar-refractivity contribution in [2.45, 2.75) is 99.8 Å². The molecule has 0 fully saturated rings. The quantitative estimate of drug-likeness (QED) is 0.0452.